The van der Waals surface area contributed by atoms with Gasteiger partial charge < -0.3 is 10.6 Å². The molecule has 0 aliphatic heterocycles. The Kier molecular flexibility index (Phi) is 2.85. The number of aryl methyl sites for hydroxylation is 2. The van der Waals surface area contributed by atoms with Crippen molar-refractivity contribution in [3.63, 3.8) is 0 Å². The van der Waals surface area contributed by atoms with Crippen LogP contribution in [0.3, 0.4) is 0 Å². The lowest BCUT2D eigenvalue weighted by molar-refractivity contribution is 0.587. The summed E-state index contributed by atoms with van der Waals surface area (Å²) in [6, 6.07) is 0.475. The van der Waals surface area contributed by atoms with Crippen LogP contribution in [0.5, 0.6) is 0 Å². The van der Waals surface area contributed by atoms with Crippen LogP contribution in [0.25, 0.3) is 0 Å². The largest absolute Gasteiger partial charge is 0.384 e. The third kappa shape index (κ3) is 2.01. The molecule has 5 heteroatoms. The van der Waals surface area contributed by atoms with E-state index >= 15 is 0 Å². The van der Waals surface area contributed by atoms with E-state index in [2.05, 4.69) is 24.0 Å². The SMILES string of the molecule is Cc1nn(C)c(N(C)C(C)C2CC2)c1C(=N)N. The van der Waals surface area contributed by atoms with Crippen LogP contribution in [-0.2, 0) is 7.05 Å². The lowest BCUT2D eigenvalue weighted by Crippen LogP contribution is -2.33. The molecule has 0 spiro atoms. The highest BCUT2D eigenvalue weighted by Crippen LogP contribution is 2.37. The molecule has 1 aliphatic rings. The second kappa shape index (κ2) is 4.05. The van der Waals surface area contributed by atoms with Crippen molar-refractivity contribution in [2.75, 3.05) is 11.9 Å². The number of rotatable bonds is 4. The second-order valence-electron chi connectivity index (χ2n) is 5.01. The topological polar surface area (TPSA) is 70.9 Å². The van der Waals surface area contributed by atoms with E-state index in [1.165, 1.54) is 12.8 Å². The highest BCUT2D eigenvalue weighted by Gasteiger charge is 2.33. The molecule has 0 radical (unpaired) electrons. The van der Waals surface area contributed by atoms with Gasteiger partial charge in [0.25, 0.3) is 0 Å². The molecule has 1 fully saturated rings. The van der Waals surface area contributed by atoms with E-state index in [1.807, 2.05) is 18.7 Å². The van der Waals surface area contributed by atoms with Crippen LogP contribution in [0, 0.1) is 18.3 Å². The molecule has 2 rings (SSSR count). The van der Waals surface area contributed by atoms with Gasteiger partial charge in [-0.05, 0) is 32.6 Å². The van der Waals surface area contributed by atoms with E-state index in [0.717, 1.165) is 23.0 Å². The molecule has 1 heterocycles. The molecule has 5 nitrogen and oxygen atoms in total. The first-order valence-corrected chi connectivity index (χ1v) is 6.04. The van der Waals surface area contributed by atoms with E-state index in [4.69, 9.17) is 11.1 Å². The van der Waals surface area contributed by atoms with Gasteiger partial charge in [0.1, 0.15) is 11.7 Å². The first kappa shape index (κ1) is 12.0. The second-order valence-corrected chi connectivity index (χ2v) is 5.01. The van der Waals surface area contributed by atoms with Crippen molar-refractivity contribution in [1.29, 1.82) is 5.41 Å². The van der Waals surface area contributed by atoms with Gasteiger partial charge in [-0.25, -0.2) is 0 Å². The number of anilines is 1. The van der Waals surface area contributed by atoms with Crippen LogP contribution in [0.1, 0.15) is 31.0 Å². The Labute approximate surface area is 102 Å². The third-order valence-corrected chi connectivity index (χ3v) is 3.71. The first-order valence-electron chi connectivity index (χ1n) is 6.04. The van der Waals surface area contributed by atoms with Gasteiger partial charge in [0.05, 0.1) is 11.3 Å². The quantitative estimate of drug-likeness (QED) is 0.609. The Morgan fingerprint density at radius 3 is 2.65 bits per heavy atom. The van der Waals surface area contributed by atoms with Crippen LogP contribution in [-0.4, -0.2) is 28.7 Å². The number of hydrogen-bond donors (Lipinski definition) is 2. The summed E-state index contributed by atoms with van der Waals surface area (Å²) in [6.07, 6.45) is 2.61. The van der Waals surface area contributed by atoms with Gasteiger partial charge in [0.2, 0.25) is 0 Å². The molecule has 3 N–H and O–H groups in total. The summed E-state index contributed by atoms with van der Waals surface area (Å²) in [5.41, 5.74) is 7.25. The molecule has 1 aliphatic carbocycles. The molecule has 0 bridgehead atoms. The molecule has 1 atom stereocenters. The van der Waals surface area contributed by atoms with E-state index in [1.54, 1.807) is 0 Å². The zero-order valence-electron chi connectivity index (χ0n) is 11.0. The Morgan fingerprint density at radius 2 is 2.18 bits per heavy atom. The van der Waals surface area contributed by atoms with E-state index in [-0.39, 0.29) is 5.84 Å². The van der Waals surface area contributed by atoms with Crippen molar-refractivity contribution in [2.24, 2.45) is 18.7 Å². The minimum Gasteiger partial charge on any atom is -0.384 e. The maximum atomic E-state index is 7.69. The molecule has 0 aromatic carbocycles. The summed E-state index contributed by atoms with van der Waals surface area (Å²) < 4.78 is 1.82. The predicted octanol–water partition coefficient (Wildman–Crippen LogP) is 1.25. The van der Waals surface area contributed by atoms with Gasteiger partial charge >= 0.3 is 0 Å². The van der Waals surface area contributed by atoms with Crippen LogP contribution in [0.4, 0.5) is 5.82 Å². The molecule has 1 aromatic rings. The average Bonchev–Trinajstić information content (AvgIpc) is 3.02. The molecule has 1 saturated carbocycles. The molecular formula is C12H21N5. The normalized spacial score (nSPS) is 16.9. The summed E-state index contributed by atoms with van der Waals surface area (Å²) in [5, 5.41) is 12.1. The van der Waals surface area contributed by atoms with Crippen molar-refractivity contribution in [3.8, 4) is 0 Å². The van der Waals surface area contributed by atoms with Crippen molar-refractivity contribution in [2.45, 2.75) is 32.7 Å². The van der Waals surface area contributed by atoms with Crippen LogP contribution >= 0.6 is 0 Å². The van der Waals surface area contributed by atoms with Crippen molar-refractivity contribution in [1.82, 2.24) is 9.78 Å². The molecule has 17 heavy (non-hydrogen) atoms. The fourth-order valence-corrected chi connectivity index (χ4v) is 2.45. The Morgan fingerprint density at radius 1 is 1.59 bits per heavy atom. The van der Waals surface area contributed by atoms with Gasteiger partial charge in [-0.15, -0.1) is 0 Å². The maximum absolute atomic E-state index is 7.69. The minimum atomic E-state index is 0.0976. The Bertz CT molecular complexity index is 444. The van der Waals surface area contributed by atoms with Crippen molar-refractivity contribution < 1.29 is 0 Å². The van der Waals surface area contributed by atoms with Gasteiger partial charge in [-0.2, -0.15) is 5.10 Å². The van der Waals surface area contributed by atoms with E-state index < -0.39 is 0 Å². The summed E-state index contributed by atoms with van der Waals surface area (Å²) in [7, 11) is 3.97. The minimum absolute atomic E-state index is 0.0976. The van der Waals surface area contributed by atoms with Crippen molar-refractivity contribution >= 4 is 11.7 Å². The molecular weight excluding hydrogens is 214 g/mol. The lowest BCUT2D eigenvalue weighted by Gasteiger charge is -2.27. The van der Waals surface area contributed by atoms with Crippen LogP contribution < -0.4 is 10.6 Å². The highest BCUT2D eigenvalue weighted by atomic mass is 15.4. The number of nitrogens with two attached hydrogens (primary N) is 1. The van der Waals surface area contributed by atoms with Gasteiger partial charge in [-0.1, -0.05) is 0 Å². The number of nitrogens with one attached hydrogen (secondary N) is 1. The van der Waals surface area contributed by atoms with E-state index in [0.29, 0.717) is 6.04 Å². The summed E-state index contributed by atoms with van der Waals surface area (Å²) in [4.78, 5) is 2.20. The van der Waals surface area contributed by atoms with E-state index in [9.17, 15) is 0 Å². The number of nitrogens with zero attached hydrogens (tertiary/aromatic N) is 3. The molecule has 0 saturated heterocycles. The smallest absolute Gasteiger partial charge is 0.137 e. The van der Waals surface area contributed by atoms with Gasteiger partial charge in [0.15, 0.2) is 0 Å². The third-order valence-electron chi connectivity index (χ3n) is 3.71. The summed E-state index contributed by atoms with van der Waals surface area (Å²) in [5.74, 6) is 1.82. The first-order chi connectivity index (χ1) is 7.93. The van der Waals surface area contributed by atoms with Crippen molar-refractivity contribution in [3.05, 3.63) is 11.3 Å². The molecule has 1 unspecified atom stereocenters. The maximum Gasteiger partial charge on any atom is 0.137 e. The highest BCUT2D eigenvalue weighted by molar-refractivity contribution is 6.00. The lowest BCUT2D eigenvalue weighted by atomic mass is 10.1. The summed E-state index contributed by atoms with van der Waals surface area (Å²) >= 11 is 0. The van der Waals surface area contributed by atoms with Gasteiger partial charge in [0, 0.05) is 20.1 Å². The molecule has 1 aromatic heterocycles. The fraction of sp³-hybridized carbons (Fsp3) is 0.667. The van der Waals surface area contributed by atoms with Gasteiger partial charge in [-0.3, -0.25) is 10.1 Å². The number of amidine groups is 1. The predicted molar refractivity (Wildman–Crippen MR) is 69.6 cm³/mol. The average molecular weight is 235 g/mol. The van der Waals surface area contributed by atoms with Crippen LogP contribution in [0.2, 0.25) is 0 Å². The number of aromatic nitrogens is 2. The van der Waals surface area contributed by atoms with Crippen LogP contribution in [0.15, 0.2) is 0 Å². The Balaban J connectivity index is 2.39. The zero-order chi connectivity index (χ0) is 12.7. The monoisotopic (exact) mass is 235 g/mol. The number of nitrogen functional groups attached to an aromatic ring is 1. The standard InChI is InChI=1S/C12H21N5/c1-7-10(11(13)14)12(17(4)15-7)16(3)8(2)9-5-6-9/h8-9H,5-6H2,1-4H3,(H3,13,14). The Hall–Kier alpha value is -1.52. The zero-order valence-corrected chi connectivity index (χ0v) is 11.0. The summed E-state index contributed by atoms with van der Waals surface area (Å²) in [6.45, 7) is 4.12. The molecule has 0 amide bonds. The number of hydrogen-bond acceptors (Lipinski definition) is 3. The molecule has 94 valence electrons. The fourth-order valence-electron chi connectivity index (χ4n) is 2.45.